The summed E-state index contributed by atoms with van der Waals surface area (Å²) >= 11 is 0. The first-order valence-electron chi connectivity index (χ1n) is 8.12. The predicted octanol–water partition coefficient (Wildman–Crippen LogP) is 4.58. The molecule has 0 amide bonds. The number of nitrogens with zero attached hydrogens (tertiary/aromatic N) is 1. The molecule has 3 heteroatoms. The van der Waals surface area contributed by atoms with Crippen LogP contribution in [-0.4, -0.2) is 6.61 Å². The summed E-state index contributed by atoms with van der Waals surface area (Å²) in [5, 5.41) is 9.18. The highest BCUT2D eigenvalue weighted by Gasteiger charge is 2.10. The van der Waals surface area contributed by atoms with E-state index in [9.17, 15) is 5.26 Å². The second-order valence-corrected chi connectivity index (χ2v) is 6.00. The Balaban J connectivity index is 2.00. The molecule has 2 rings (SSSR count). The van der Waals surface area contributed by atoms with Gasteiger partial charge < -0.3 is 10.5 Å². The van der Waals surface area contributed by atoms with Gasteiger partial charge in [0.05, 0.1) is 18.2 Å². The third-order valence-electron chi connectivity index (χ3n) is 4.12. The lowest BCUT2D eigenvalue weighted by Gasteiger charge is -2.12. The van der Waals surface area contributed by atoms with Crippen LogP contribution < -0.4 is 10.5 Å². The molecule has 0 aromatic heterocycles. The third kappa shape index (κ3) is 5.03. The van der Waals surface area contributed by atoms with Gasteiger partial charge in [0, 0.05) is 12.1 Å². The summed E-state index contributed by atoms with van der Waals surface area (Å²) in [6.07, 6.45) is 8.46. The third-order valence-corrected chi connectivity index (χ3v) is 4.12. The molecule has 23 heavy (non-hydrogen) atoms. The molecule has 3 nitrogen and oxygen atoms in total. The van der Waals surface area contributed by atoms with Gasteiger partial charge in [-0.2, -0.15) is 5.26 Å². The number of nitrogens with two attached hydrogens (primary N) is 1. The number of allylic oxidation sites excluding steroid dienone is 4. The van der Waals surface area contributed by atoms with Gasteiger partial charge in [0.15, 0.2) is 0 Å². The maximum atomic E-state index is 9.18. The molecule has 2 N–H and O–H groups in total. The van der Waals surface area contributed by atoms with E-state index in [1.165, 1.54) is 6.42 Å². The fourth-order valence-electron chi connectivity index (χ4n) is 2.35. The molecule has 0 fully saturated rings. The molecule has 0 unspecified atom stereocenters. The van der Waals surface area contributed by atoms with Crippen LogP contribution in [0.3, 0.4) is 0 Å². The molecule has 0 heterocycles. The normalized spacial score (nSPS) is 17.2. The van der Waals surface area contributed by atoms with Crippen molar-refractivity contribution in [2.24, 2.45) is 11.7 Å². The van der Waals surface area contributed by atoms with Gasteiger partial charge in [0.2, 0.25) is 0 Å². The molecule has 1 aliphatic rings. The quantitative estimate of drug-likeness (QED) is 0.836. The Bertz CT molecular complexity index is 660. The number of rotatable bonds is 6. The number of hydrogen-bond acceptors (Lipinski definition) is 3. The molecule has 0 bridgehead atoms. The Kier molecular flexibility index (Phi) is 6.05. The van der Waals surface area contributed by atoms with E-state index in [1.807, 2.05) is 30.3 Å². The Morgan fingerprint density at radius 2 is 2.04 bits per heavy atom. The van der Waals surface area contributed by atoms with Crippen molar-refractivity contribution in [2.45, 2.75) is 33.1 Å². The van der Waals surface area contributed by atoms with Crippen molar-refractivity contribution in [1.82, 2.24) is 0 Å². The Hall–Kier alpha value is -2.47. The monoisotopic (exact) mass is 308 g/mol. The summed E-state index contributed by atoms with van der Waals surface area (Å²) in [6, 6.07) is 10.2. The predicted molar refractivity (Wildman–Crippen MR) is 94.6 cm³/mol. The first-order valence-corrected chi connectivity index (χ1v) is 8.12. The fourth-order valence-corrected chi connectivity index (χ4v) is 2.35. The standard InChI is InChI=1S/C20H24N2O/c1-3-15(2)10-11-23-20-8-4-16(5-9-20)12-18-13-19(22)7-6-17(18)14-21/h4-9,12,15H,3,10-11,13,22H2,1-2H3/t15-/m0/s1. The minimum Gasteiger partial charge on any atom is -0.494 e. The molecule has 0 spiro atoms. The summed E-state index contributed by atoms with van der Waals surface area (Å²) < 4.78 is 5.77. The topological polar surface area (TPSA) is 59.0 Å². The zero-order chi connectivity index (χ0) is 16.7. The van der Waals surface area contributed by atoms with E-state index in [1.54, 1.807) is 12.2 Å². The molecule has 1 aliphatic carbocycles. The zero-order valence-electron chi connectivity index (χ0n) is 13.9. The van der Waals surface area contributed by atoms with Crippen molar-refractivity contribution in [1.29, 1.82) is 5.26 Å². The van der Waals surface area contributed by atoms with Crippen LogP contribution in [0, 0.1) is 17.2 Å². The van der Waals surface area contributed by atoms with E-state index in [0.29, 0.717) is 17.9 Å². The first-order chi connectivity index (χ1) is 11.1. The van der Waals surface area contributed by atoms with Crippen molar-refractivity contribution in [3.63, 3.8) is 0 Å². The lowest BCUT2D eigenvalue weighted by Crippen LogP contribution is -2.04. The van der Waals surface area contributed by atoms with Gasteiger partial charge >= 0.3 is 0 Å². The largest absolute Gasteiger partial charge is 0.494 e. The van der Waals surface area contributed by atoms with Gasteiger partial charge in [-0.25, -0.2) is 0 Å². The van der Waals surface area contributed by atoms with Gasteiger partial charge in [0.1, 0.15) is 5.75 Å². The molecular weight excluding hydrogens is 284 g/mol. The smallest absolute Gasteiger partial charge is 0.119 e. The van der Waals surface area contributed by atoms with Gasteiger partial charge in [0.25, 0.3) is 0 Å². The average Bonchev–Trinajstić information content (AvgIpc) is 2.56. The van der Waals surface area contributed by atoms with E-state index < -0.39 is 0 Å². The molecular formula is C20H24N2O. The SMILES string of the molecule is CC[C@H](C)CCOc1ccc(C=C2CC(N)=CC=C2C#N)cc1. The summed E-state index contributed by atoms with van der Waals surface area (Å²) in [4.78, 5) is 0. The summed E-state index contributed by atoms with van der Waals surface area (Å²) in [6.45, 7) is 5.19. The van der Waals surface area contributed by atoms with Crippen LogP contribution in [-0.2, 0) is 0 Å². The highest BCUT2D eigenvalue weighted by molar-refractivity contribution is 5.64. The van der Waals surface area contributed by atoms with Gasteiger partial charge in [-0.15, -0.1) is 0 Å². The van der Waals surface area contributed by atoms with Crippen LogP contribution in [0.5, 0.6) is 5.75 Å². The van der Waals surface area contributed by atoms with Crippen LogP contribution in [0.4, 0.5) is 0 Å². The number of nitriles is 1. The Morgan fingerprint density at radius 3 is 2.70 bits per heavy atom. The molecule has 0 aliphatic heterocycles. The molecule has 120 valence electrons. The highest BCUT2D eigenvalue weighted by atomic mass is 16.5. The fraction of sp³-hybridized carbons (Fsp3) is 0.350. The van der Waals surface area contributed by atoms with Crippen LogP contribution in [0.1, 0.15) is 38.7 Å². The van der Waals surface area contributed by atoms with E-state index in [0.717, 1.165) is 35.6 Å². The lowest BCUT2D eigenvalue weighted by molar-refractivity contribution is 0.281. The van der Waals surface area contributed by atoms with Gasteiger partial charge in [-0.05, 0) is 47.8 Å². The van der Waals surface area contributed by atoms with Crippen molar-refractivity contribution in [2.75, 3.05) is 6.61 Å². The maximum Gasteiger partial charge on any atom is 0.119 e. The minimum atomic E-state index is 0.618. The minimum absolute atomic E-state index is 0.618. The van der Waals surface area contributed by atoms with Crippen LogP contribution in [0.2, 0.25) is 0 Å². The van der Waals surface area contributed by atoms with E-state index >= 15 is 0 Å². The molecule has 0 saturated carbocycles. The summed E-state index contributed by atoms with van der Waals surface area (Å²) in [5.74, 6) is 1.58. The molecule has 0 radical (unpaired) electrons. The van der Waals surface area contributed by atoms with Gasteiger partial charge in [-0.3, -0.25) is 0 Å². The second kappa shape index (κ2) is 8.24. The van der Waals surface area contributed by atoms with E-state index in [-0.39, 0.29) is 0 Å². The molecule has 0 saturated heterocycles. The Morgan fingerprint density at radius 1 is 1.30 bits per heavy atom. The van der Waals surface area contributed by atoms with Crippen LogP contribution in [0.15, 0.2) is 53.3 Å². The van der Waals surface area contributed by atoms with E-state index in [2.05, 4.69) is 19.9 Å². The maximum absolute atomic E-state index is 9.18. The van der Waals surface area contributed by atoms with Crippen LogP contribution in [0.25, 0.3) is 6.08 Å². The molecule has 1 aromatic carbocycles. The van der Waals surface area contributed by atoms with Crippen molar-refractivity contribution in [3.05, 3.63) is 58.8 Å². The summed E-state index contributed by atoms with van der Waals surface area (Å²) in [7, 11) is 0. The van der Waals surface area contributed by atoms with Crippen LogP contribution >= 0.6 is 0 Å². The summed E-state index contributed by atoms with van der Waals surface area (Å²) in [5.41, 5.74) is 9.31. The van der Waals surface area contributed by atoms with Crippen molar-refractivity contribution < 1.29 is 4.74 Å². The number of benzene rings is 1. The van der Waals surface area contributed by atoms with Gasteiger partial charge in [-0.1, -0.05) is 38.5 Å². The molecule has 1 atom stereocenters. The average molecular weight is 308 g/mol. The van der Waals surface area contributed by atoms with E-state index in [4.69, 9.17) is 10.5 Å². The number of ether oxygens (including phenoxy) is 1. The zero-order valence-corrected chi connectivity index (χ0v) is 13.9. The second-order valence-electron chi connectivity index (χ2n) is 6.00. The highest BCUT2D eigenvalue weighted by Crippen LogP contribution is 2.25. The van der Waals surface area contributed by atoms with Crippen molar-refractivity contribution >= 4 is 6.08 Å². The first kappa shape index (κ1) is 16.9. The number of hydrogen-bond donors (Lipinski definition) is 1. The lowest BCUT2D eigenvalue weighted by atomic mass is 9.95. The van der Waals surface area contributed by atoms with Crippen molar-refractivity contribution in [3.8, 4) is 11.8 Å². The molecule has 1 aromatic rings. The Labute approximate surface area is 138 Å².